The molecule has 1 heterocycles. The standard InChI is InChI=1S/C14H16ClFN2O2/c1-9-3-4-12(16)10(7-9)14(19)13-11(15)8-17-18(13)5-6-20-2/h3-4,7-8,14,19H,5-6H2,1-2H3. The summed E-state index contributed by atoms with van der Waals surface area (Å²) < 4.78 is 20.4. The van der Waals surface area contributed by atoms with Crippen LogP contribution in [0.2, 0.25) is 5.02 Å². The number of rotatable bonds is 5. The lowest BCUT2D eigenvalue weighted by atomic mass is 10.0. The fraction of sp³-hybridized carbons (Fsp3) is 0.357. The van der Waals surface area contributed by atoms with Gasteiger partial charge in [-0.15, -0.1) is 0 Å². The molecule has 1 N–H and O–H groups in total. The van der Waals surface area contributed by atoms with E-state index < -0.39 is 11.9 Å². The molecule has 0 saturated heterocycles. The zero-order chi connectivity index (χ0) is 14.7. The molecule has 0 aliphatic carbocycles. The second-order valence-electron chi connectivity index (χ2n) is 4.52. The van der Waals surface area contributed by atoms with E-state index in [1.807, 2.05) is 6.92 Å². The van der Waals surface area contributed by atoms with Gasteiger partial charge in [0.1, 0.15) is 11.9 Å². The predicted molar refractivity (Wildman–Crippen MR) is 74.3 cm³/mol. The molecule has 1 atom stereocenters. The van der Waals surface area contributed by atoms with E-state index in [0.29, 0.717) is 23.9 Å². The largest absolute Gasteiger partial charge is 0.383 e. The number of aromatic nitrogens is 2. The van der Waals surface area contributed by atoms with Crippen LogP contribution in [0.25, 0.3) is 0 Å². The van der Waals surface area contributed by atoms with Crippen LogP contribution in [-0.2, 0) is 11.3 Å². The van der Waals surface area contributed by atoms with Crippen molar-refractivity contribution < 1.29 is 14.2 Å². The molecular weight excluding hydrogens is 283 g/mol. The topological polar surface area (TPSA) is 47.3 Å². The van der Waals surface area contributed by atoms with E-state index in [0.717, 1.165) is 5.56 Å². The number of hydrogen-bond donors (Lipinski definition) is 1. The first-order chi connectivity index (χ1) is 9.54. The fourth-order valence-corrected chi connectivity index (χ4v) is 2.26. The van der Waals surface area contributed by atoms with Crippen molar-refractivity contribution in [3.63, 3.8) is 0 Å². The highest BCUT2D eigenvalue weighted by molar-refractivity contribution is 6.31. The Morgan fingerprint density at radius 3 is 2.95 bits per heavy atom. The second kappa shape index (κ2) is 6.35. The van der Waals surface area contributed by atoms with E-state index in [1.54, 1.807) is 19.2 Å². The number of halogens is 2. The number of nitrogens with zero attached hydrogens (tertiary/aromatic N) is 2. The Bertz CT molecular complexity index is 601. The predicted octanol–water partition coefficient (Wildman–Crippen LogP) is 2.71. The van der Waals surface area contributed by atoms with Gasteiger partial charge in [-0.2, -0.15) is 5.10 Å². The molecule has 108 valence electrons. The van der Waals surface area contributed by atoms with Gasteiger partial charge in [0, 0.05) is 12.7 Å². The van der Waals surface area contributed by atoms with Crippen LogP contribution in [0.5, 0.6) is 0 Å². The number of hydrogen-bond acceptors (Lipinski definition) is 3. The SMILES string of the molecule is COCCn1ncc(Cl)c1C(O)c1cc(C)ccc1F. The molecule has 4 nitrogen and oxygen atoms in total. The summed E-state index contributed by atoms with van der Waals surface area (Å²) in [5.74, 6) is -0.473. The first-order valence-corrected chi connectivity index (χ1v) is 6.56. The molecule has 2 aromatic rings. The summed E-state index contributed by atoms with van der Waals surface area (Å²) in [6, 6.07) is 4.58. The first-order valence-electron chi connectivity index (χ1n) is 6.19. The molecule has 6 heteroatoms. The molecule has 0 spiro atoms. The van der Waals surface area contributed by atoms with Crippen molar-refractivity contribution >= 4 is 11.6 Å². The van der Waals surface area contributed by atoms with Crippen LogP contribution in [0, 0.1) is 12.7 Å². The van der Waals surface area contributed by atoms with Gasteiger partial charge in [-0.1, -0.05) is 29.3 Å². The van der Waals surface area contributed by atoms with Gasteiger partial charge in [0.15, 0.2) is 0 Å². The summed E-state index contributed by atoms with van der Waals surface area (Å²) in [6.07, 6.45) is 0.269. The smallest absolute Gasteiger partial charge is 0.129 e. The van der Waals surface area contributed by atoms with Crippen LogP contribution >= 0.6 is 11.6 Å². The average molecular weight is 299 g/mol. The highest BCUT2D eigenvalue weighted by Gasteiger charge is 2.22. The molecule has 0 bridgehead atoms. The van der Waals surface area contributed by atoms with Crippen molar-refractivity contribution in [1.29, 1.82) is 0 Å². The van der Waals surface area contributed by atoms with Crippen LogP contribution in [0.3, 0.4) is 0 Å². The molecule has 0 radical (unpaired) electrons. The number of ether oxygens (including phenoxy) is 1. The first kappa shape index (κ1) is 15.0. The Hall–Kier alpha value is -1.43. The monoisotopic (exact) mass is 298 g/mol. The zero-order valence-corrected chi connectivity index (χ0v) is 12.1. The fourth-order valence-electron chi connectivity index (χ4n) is 2.02. The van der Waals surface area contributed by atoms with Crippen LogP contribution < -0.4 is 0 Å². The molecule has 0 fully saturated rings. The molecule has 1 aromatic heterocycles. The summed E-state index contributed by atoms with van der Waals surface area (Å²) in [4.78, 5) is 0. The maximum Gasteiger partial charge on any atom is 0.129 e. The maximum atomic E-state index is 13.9. The lowest BCUT2D eigenvalue weighted by Gasteiger charge is -2.15. The van der Waals surface area contributed by atoms with Gasteiger partial charge in [0.25, 0.3) is 0 Å². The van der Waals surface area contributed by atoms with E-state index in [-0.39, 0.29) is 5.56 Å². The summed E-state index contributed by atoms with van der Waals surface area (Å²) in [5, 5.41) is 14.8. The maximum absolute atomic E-state index is 13.9. The lowest BCUT2D eigenvalue weighted by Crippen LogP contribution is -2.14. The van der Waals surface area contributed by atoms with E-state index in [2.05, 4.69) is 5.10 Å². The summed E-state index contributed by atoms with van der Waals surface area (Å²) in [5.41, 5.74) is 1.42. The third-order valence-electron chi connectivity index (χ3n) is 3.05. The van der Waals surface area contributed by atoms with Gasteiger partial charge in [-0.25, -0.2) is 4.39 Å². The van der Waals surface area contributed by atoms with Gasteiger partial charge in [0.2, 0.25) is 0 Å². The Balaban J connectivity index is 2.39. The molecule has 2 rings (SSSR count). The van der Waals surface area contributed by atoms with E-state index in [9.17, 15) is 9.50 Å². The van der Waals surface area contributed by atoms with Crippen molar-refractivity contribution in [3.8, 4) is 0 Å². The van der Waals surface area contributed by atoms with Gasteiger partial charge in [-0.3, -0.25) is 4.68 Å². The number of methoxy groups -OCH3 is 1. The molecule has 0 amide bonds. The molecule has 1 unspecified atom stereocenters. The molecule has 0 saturated carbocycles. The van der Waals surface area contributed by atoms with Crippen molar-refractivity contribution in [2.75, 3.05) is 13.7 Å². The van der Waals surface area contributed by atoms with E-state index in [1.165, 1.54) is 16.9 Å². The number of aliphatic hydroxyl groups is 1. The Labute approximate surface area is 121 Å². The summed E-state index contributed by atoms with van der Waals surface area (Å²) in [6.45, 7) is 2.69. The third-order valence-corrected chi connectivity index (χ3v) is 3.34. The molecular formula is C14H16ClFN2O2. The van der Waals surface area contributed by atoms with Crippen LogP contribution in [0.1, 0.15) is 22.9 Å². The van der Waals surface area contributed by atoms with Crippen molar-refractivity contribution in [1.82, 2.24) is 9.78 Å². The zero-order valence-electron chi connectivity index (χ0n) is 11.3. The lowest BCUT2D eigenvalue weighted by molar-refractivity contribution is 0.170. The minimum atomic E-state index is -1.17. The van der Waals surface area contributed by atoms with E-state index in [4.69, 9.17) is 16.3 Å². The highest BCUT2D eigenvalue weighted by Crippen LogP contribution is 2.30. The van der Waals surface area contributed by atoms with Crippen molar-refractivity contribution in [3.05, 3.63) is 52.1 Å². The van der Waals surface area contributed by atoms with Crippen LogP contribution in [0.15, 0.2) is 24.4 Å². The summed E-state index contributed by atoms with van der Waals surface area (Å²) >= 11 is 6.05. The van der Waals surface area contributed by atoms with E-state index >= 15 is 0 Å². The summed E-state index contributed by atoms with van der Waals surface area (Å²) in [7, 11) is 1.57. The third kappa shape index (κ3) is 3.00. The number of aryl methyl sites for hydroxylation is 1. The average Bonchev–Trinajstić information content (AvgIpc) is 2.79. The molecule has 0 aliphatic rings. The number of aliphatic hydroxyl groups excluding tert-OH is 1. The Morgan fingerprint density at radius 2 is 2.25 bits per heavy atom. The van der Waals surface area contributed by atoms with Crippen molar-refractivity contribution in [2.24, 2.45) is 0 Å². The molecule has 0 aliphatic heterocycles. The molecule has 20 heavy (non-hydrogen) atoms. The van der Waals surface area contributed by atoms with Gasteiger partial charge in [-0.05, 0) is 13.0 Å². The Kier molecular flexibility index (Phi) is 4.75. The quantitative estimate of drug-likeness (QED) is 0.923. The van der Waals surface area contributed by atoms with Crippen molar-refractivity contribution in [2.45, 2.75) is 19.6 Å². The van der Waals surface area contributed by atoms with Gasteiger partial charge < -0.3 is 9.84 Å². The second-order valence-corrected chi connectivity index (χ2v) is 4.93. The van der Waals surface area contributed by atoms with Gasteiger partial charge >= 0.3 is 0 Å². The van der Waals surface area contributed by atoms with Crippen LogP contribution in [0.4, 0.5) is 4.39 Å². The van der Waals surface area contributed by atoms with Gasteiger partial charge in [0.05, 0.1) is 30.1 Å². The Morgan fingerprint density at radius 1 is 1.50 bits per heavy atom. The van der Waals surface area contributed by atoms with Crippen LogP contribution in [-0.4, -0.2) is 28.6 Å². The normalized spacial score (nSPS) is 12.7. The minimum Gasteiger partial charge on any atom is -0.383 e. The minimum absolute atomic E-state index is 0.186. The molecule has 1 aromatic carbocycles. The number of benzene rings is 1. The highest BCUT2D eigenvalue weighted by atomic mass is 35.5.